The van der Waals surface area contributed by atoms with Gasteiger partial charge < -0.3 is 34.6 Å². The summed E-state index contributed by atoms with van der Waals surface area (Å²) in [4.78, 5) is 16.6. The van der Waals surface area contributed by atoms with E-state index in [2.05, 4.69) is 4.98 Å². The van der Waals surface area contributed by atoms with Gasteiger partial charge in [-0.3, -0.25) is 4.79 Å². The number of Topliss-reactive ketones (excluding diaryl/α,β-unsaturated/α-hetero) is 1. The van der Waals surface area contributed by atoms with Crippen LogP contribution in [0.3, 0.4) is 0 Å². The van der Waals surface area contributed by atoms with Crippen LogP contribution >= 0.6 is 0 Å². The second-order valence-electron chi connectivity index (χ2n) is 7.03. The largest absolute Gasteiger partial charge is 0.507 e. The first kappa shape index (κ1) is 22.0. The number of carbonyl (C=O) groups excluding carboxylic acids is 1. The molecule has 3 rings (SSSR count). The SMILES string of the molecule is COc1ccc(CCC(=O)c2ccc(OC3OC(CO)CC(O)C3O)cc2O)cn1. The van der Waals surface area contributed by atoms with Crippen LogP contribution in [0.5, 0.6) is 17.4 Å². The lowest BCUT2D eigenvalue weighted by Crippen LogP contribution is -2.51. The van der Waals surface area contributed by atoms with E-state index in [0.717, 1.165) is 5.56 Å². The molecule has 4 unspecified atom stereocenters. The van der Waals surface area contributed by atoms with Gasteiger partial charge in [0.25, 0.3) is 0 Å². The summed E-state index contributed by atoms with van der Waals surface area (Å²) in [6.45, 7) is -0.327. The van der Waals surface area contributed by atoms with Crippen molar-refractivity contribution in [3.05, 3.63) is 47.7 Å². The van der Waals surface area contributed by atoms with Crippen LogP contribution in [-0.4, -0.2) is 69.5 Å². The van der Waals surface area contributed by atoms with E-state index in [-0.39, 0.29) is 42.3 Å². The summed E-state index contributed by atoms with van der Waals surface area (Å²) in [6.07, 6.45) is -1.96. The number of carbonyl (C=O) groups is 1. The number of methoxy groups -OCH3 is 1. The van der Waals surface area contributed by atoms with Gasteiger partial charge in [0.1, 0.15) is 17.6 Å². The third-order valence-electron chi connectivity index (χ3n) is 4.88. The average Bonchev–Trinajstić information content (AvgIpc) is 2.75. The molecule has 0 amide bonds. The topological polar surface area (TPSA) is 139 Å². The number of aromatic nitrogens is 1. The van der Waals surface area contributed by atoms with E-state index in [4.69, 9.17) is 14.2 Å². The molecular weight excluding hydrogens is 394 g/mol. The van der Waals surface area contributed by atoms with Crippen LogP contribution in [0.1, 0.15) is 28.8 Å². The molecule has 0 aliphatic carbocycles. The number of ketones is 1. The number of hydrogen-bond donors (Lipinski definition) is 4. The molecule has 0 saturated carbocycles. The number of hydrogen-bond acceptors (Lipinski definition) is 9. The molecule has 1 aromatic carbocycles. The highest BCUT2D eigenvalue weighted by Gasteiger charge is 2.38. The van der Waals surface area contributed by atoms with Gasteiger partial charge in [0.15, 0.2) is 5.78 Å². The molecule has 2 heterocycles. The fourth-order valence-corrected chi connectivity index (χ4v) is 3.16. The molecule has 1 aliphatic rings. The highest BCUT2D eigenvalue weighted by Crippen LogP contribution is 2.29. The van der Waals surface area contributed by atoms with E-state index in [9.17, 15) is 25.2 Å². The molecule has 0 radical (unpaired) electrons. The zero-order valence-electron chi connectivity index (χ0n) is 16.5. The Bertz CT molecular complexity index is 857. The standard InChI is InChI=1S/C21H25NO8/c1-28-19-7-3-12(10-22-19)2-6-16(24)15-5-4-13(8-17(15)25)29-21-20(27)18(26)9-14(11-23)30-21/h3-5,7-8,10,14,18,20-21,23,25-27H,2,6,9,11H2,1H3. The maximum atomic E-state index is 12.5. The lowest BCUT2D eigenvalue weighted by molar-refractivity contribution is -0.240. The van der Waals surface area contributed by atoms with Crippen LogP contribution in [0, 0.1) is 0 Å². The molecule has 9 nitrogen and oxygen atoms in total. The predicted molar refractivity (Wildman–Crippen MR) is 105 cm³/mol. The summed E-state index contributed by atoms with van der Waals surface area (Å²) >= 11 is 0. The number of aryl methyl sites for hydroxylation is 1. The van der Waals surface area contributed by atoms with Crippen molar-refractivity contribution in [3.63, 3.8) is 0 Å². The van der Waals surface area contributed by atoms with E-state index < -0.39 is 24.6 Å². The first-order chi connectivity index (χ1) is 14.4. The van der Waals surface area contributed by atoms with Crippen LogP contribution < -0.4 is 9.47 Å². The number of phenolic OH excluding ortho intramolecular Hbond substituents is 1. The van der Waals surface area contributed by atoms with Gasteiger partial charge in [-0.15, -0.1) is 0 Å². The average molecular weight is 419 g/mol. The number of rotatable bonds is 8. The summed E-state index contributed by atoms with van der Waals surface area (Å²) in [5.41, 5.74) is 1.01. The number of benzene rings is 1. The van der Waals surface area contributed by atoms with Crippen molar-refractivity contribution in [1.29, 1.82) is 0 Å². The number of aromatic hydroxyl groups is 1. The summed E-state index contributed by atoms with van der Waals surface area (Å²) in [7, 11) is 1.52. The van der Waals surface area contributed by atoms with Gasteiger partial charge in [-0.2, -0.15) is 0 Å². The highest BCUT2D eigenvalue weighted by molar-refractivity contribution is 5.98. The Morgan fingerprint density at radius 1 is 1.27 bits per heavy atom. The minimum atomic E-state index is -1.31. The minimum Gasteiger partial charge on any atom is -0.507 e. The number of nitrogens with zero attached hydrogens (tertiary/aromatic N) is 1. The fraction of sp³-hybridized carbons (Fsp3) is 0.429. The molecule has 4 N–H and O–H groups in total. The van der Waals surface area contributed by atoms with Crippen LogP contribution in [0.4, 0.5) is 0 Å². The molecule has 162 valence electrons. The fourth-order valence-electron chi connectivity index (χ4n) is 3.16. The van der Waals surface area contributed by atoms with Crippen molar-refractivity contribution in [2.45, 2.75) is 43.9 Å². The van der Waals surface area contributed by atoms with Gasteiger partial charge in [0.2, 0.25) is 12.2 Å². The first-order valence-electron chi connectivity index (χ1n) is 9.55. The molecule has 4 atom stereocenters. The lowest BCUT2D eigenvalue weighted by Gasteiger charge is -2.36. The third kappa shape index (κ3) is 5.25. The van der Waals surface area contributed by atoms with Crippen molar-refractivity contribution < 1.29 is 39.4 Å². The molecule has 9 heteroatoms. The van der Waals surface area contributed by atoms with E-state index >= 15 is 0 Å². The van der Waals surface area contributed by atoms with Crippen LogP contribution in [-0.2, 0) is 11.2 Å². The summed E-state index contributed by atoms with van der Waals surface area (Å²) < 4.78 is 15.9. The Labute approximate surface area is 173 Å². The quantitative estimate of drug-likeness (QED) is 0.458. The zero-order chi connectivity index (χ0) is 21.7. The molecule has 1 aliphatic heterocycles. The van der Waals surface area contributed by atoms with E-state index in [1.54, 1.807) is 12.3 Å². The number of aliphatic hydroxyl groups is 3. The molecule has 2 aromatic rings. The second-order valence-corrected chi connectivity index (χ2v) is 7.03. The Morgan fingerprint density at radius 2 is 2.07 bits per heavy atom. The predicted octanol–water partition coefficient (Wildman–Crippen LogP) is 0.819. The van der Waals surface area contributed by atoms with Gasteiger partial charge in [-0.05, 0) is 24.1 Å². The zero-order valence-corrected chi connectivity index (χ0v) is 16.5. The minimum absolute atomic E-state index is 0.0833. The Kier molecular flexibility index (Phi) is 7.22. The highest BCUT2D eigenvalue weighted by atomic mass is 16.7. The Morgan fingerprint density at radius 3 is 2.70 bits per heavy atom. The normalized spacial score (nSPS) is 23.7. The second kappa shape index (κ2) is 9.86. The van der Waals surface area contributed by atoms with Crippen molar-refractivity contribution in [3.8, 4) is 17.4 Å². The maximum Gasteiger partial charge on any atom is 0.229 e. The number of aliphatic hydroxyl groups excluding tert-OH is 3. The van der Waals surface area contributed by atoms with Gasteiger partial charge in [0.05, 0.1) is 31.5 Å². The molecule has 1 fully saturated rings. The third-order valence-corrected chi connectivity index (χ3v) is 4.88. The van der Waals surface area contributed by atoms with E-state index in [0.29, 0.717) is 12.3 Å². The van der Waals surface area contributed by atoms with Crippen molar-refractivity contribution in [2.75, 3.05) is 13.7 Å². The smallest absolute Gasteiger partial charge is 0.229 e. The summed E-state index contributed by atoms with van der Waals surface area (Å²) in [6, 6.07) is 7.66. The Hall–Kier alpha value is -2.72. The summed E-state index contributed by atoms with van der Waals surface area (Å²) in [5.74, 6) is 0.121. The first-order valence-corrected chi connectivity index (χ1v) is 9.55. The van der Waals surface area contributed by atoms with Crippen LogP contribution in [0.25, 0.3) is 0 Å². The van der Waals surface area contributed by atoms with Crippen LogP contribution in [0.2, 0.25) is 0 Å². The van der Waals surface area contributed by atoms with E-state index in [1.807, 2.05) is 6.07 Å². The number of phenols is 1. The van der Waals surface area contributed by atoms with Crippen LogP contribution in [0.15, 0.2) is 36.5 Å². The monoisotopic (exact) mass is 419 g/mol. The lowest BCUT2D eigenvalue weighted by atomic mass is 10.0. The van der Waals surface area contributed by atoms with Crippen molar-refractivity contribution >= 4 is 5.78 Å². The van der Waals surface area contributed by atoms with Gasteiger partial charge in [-0.25, -0.2) is 4.98 Å². The molecular formula is C21H25NO8. The maximum absolute atomic E-state index is 12.5. The van der Waals surface area contributed by atoms with E-state index in [1.165, 1.54) is 25.3 Å². The number of ether oxygens (including phenoxy) is 3. The Balaban J connectivity index is 1.61. The number of pyridine rings is 1. The molecule has 1 saturated heterocycles. The molecule has 30 heavy (non-hydrogen) atoms. The van der Waals surface area contributed by atoms with Gasteiger partial charge >= 0.3 is 0 Å². The summed E-state index contributed by atoms with van der Waals surface area (Å²) in [5, 5.41) is 39.3. The molecule has 0 spiro atoms. The van der Waals surface area contributed by atoms with Crippen molar-refractivity contribution in [1.82, 2.24) is 4.98 Å². The molecule has 0 bridgehead atoms. The molecule has 1 aromatic heterocycles. The van der Waals surface area contributed by atoms with Gasteiger partial charge in [-0.1, -0.05) is 6.07 Å². The van der Waals surface area contributed by atoms with Crippen molar-refractivity contribution in [2.24, 2.45) is 0 Å². The van der Waals surface area contributed by atoms with Gasteiger partial charge in [0, 0.05) is 31.2 Å².